The molecule has 0 aliphatic carbocycles. The first-order valence-corrected chi connectivity index (χ1v) is 10.6. The average molecular weight is 392 g/mol. The van der Waals surface area contributed by atoms with Crippen LogP contribution in [0.25, 0.3) is 11.0 Å². The molecule has 0 fully saturated rings. The summed E-state index contributed by atoms with van der Waals surface area (Å²) in [6, 6.07) is 14.4. The van der Waals surface area contributed by atoms with Gasteiger partial charge in [-0.25, -0.2) is 4.79 Å². The number of rotatable bonds is 6. The number of hydrogen-bond donors (Lipinski definition) is 0. The minimum Gasteiger partial charge on any atom is -0.477 e. The Kier molecular flexibility index (Phi) is 5.72. The molecule has 4 rings (SSSR count). The van der Waals surface area contributed by atoms with Gasteiger partial charge in [0.05, 0.1) is 0 Å². The van der Waals surface area contributed by atoms with Crippen molar-refractivity contribution >= 4 is 11.0 Å². The van der Waals surface area contributed by atoms with Crippen molar-refractivity contribution in [3.63, 3.8) is 0 Å². The zero-order valence-electron chi connectivity index (χ0n) is 17.5. The van der Waals surface area contributed by atoms with Crippen LogP contribution in [0.5, 0.6) is 5.75 Å². The first-order chi connectivity index (χ1) is 14.1. The van der Waals surface area contributed by atoms with Crippen molar-refractivity contribution in [3.8, 4) is 5.75 Å². The van der Waals surface area contributed by atoms with E-state index in [9.17, 15) is 4.79 Å². The summed E-state index contributed by atoms with van der Waals surface area (Å²) in [5.41, 5.74) is 4.93. The second-order valence-corrected chi connectivity index (χ2v) is 8.16. The number of unbranched alkanes of at least 4 members (excludes halogenated alkanes) is 1. The standard InChI is InChI=1S/C25H29NO3/c1-4-5-9-20-13-23(27)29-25-18(3)24-21(12-22(20)25)15-26(16-28-24)14-17(2)19-10-7-6-8-11-19/h6-8,10-13,17H,4-5,9,14-16H2,1-3H3. The van der Waals surface area contributed by atoms with Gasteiger partial charge in [-0.3, -0.25) is 4.90 Å². The van der Waals surface area contributed by atoms with Crippen LogP contribution in [0, 0.1) is 6.92 Å². The average Bonchev–Trinajstić information content (AvgIpc) is 2.73. The second-order valence-electron chi connectivity index (χ2n) is 8.16. The molecule has 0 radical (unpaired) electrons. The largest absolute Gasteiger partial charge is 0.477 e. The minimum absolute atomic E-state index is 0.277. The topological polar surface area (TPSA) is 42.7 Å². The molecule has 0 bridgehead atoms. The van der Waals surface area contributed by atoms with Crippen molar-refractivity contribution in [2.45, 2.75) is 52.5 Å². The molecular formula is C25H29NO3. The molecule has 0 saturated carbocycles. The summed E-state index contributed by atoms with van der Waals surface area (Å²) >= 11 is 0. The lowest BCUT2D eigenvalue weighted by atomic mass is 9.97. The van der Waals surface area contributed by atoms with Gasteiger partial charge in [-0.1, -0.05) is 50.6 Å². The molecule has 0 N–H and O–H groups in total. The number of benzene rings is 2. The van der Waals surface area contributed by atoms with Gasteiger partial charge in [0.15, 0.2) is 0 Å². The first kappa shape index (κ1) is 19.7. The van der Waals surface area contributed by atoms with Crippen molar-refractivity contribution in [2.75, 3.05) is 13.3 Å². The molecule has 1 aromatic heterocycles. The van der Waals surface area contributed by atoms with E-state index in [1.165, 1.54) is 11.1 Å². The Labute approximate surface area is 172 Å². The summed E-state index contributed by atoms with van der Waals surface area (Å²) in [5, 5.41) is 1.05. The van der Waals surface area contributed by atoms with Gasteiger partial charge in [0.25, 0.3) is 0 Å². The normalized spacial score (nSPS) is 15.1. The lowest BCUT2D eigenvalue weighted by molar-refractivity contribution is 0.0900. The highest BCUT2D eigenvalue weighted by Crippen LogP contribution is 2.36. The second kappa shape index (κ2) is 8.42. The number of aryl methyl sites for hydroxylation is 2. The third kappa shape index (κ3) is 4.08. The third-order valence-corrected chi connectivity index (χ3v) is 5.86. The highest BCUT2D eigenvalue weighted by molar-refractivity contribution is 5.86. The molecule has 0 spiro atoms. The molecule has 0 saturated heterocycles. The summed E-state index contributed by atoms with van der Waals surface area (Å²) in [4.78, 5) is 14.4. The fourth-order valence-electron chi connectivity index (χ4n) is 4.30. The highest BCUT2D eigenvalue weighted by Gasteiger charge is 2.24. The van der Waals surface area contributed by atoms with Crippen LogP contribution in [0.1, 0.15) is 54.9 Å². The highest BCUT2D eigenvalue weighted by atomic mass is 16.5. The molecule has 1 unspecified atom stereocenters. The van der Waals surface area contributed by atoms with Crippen LogP contribution in [-0.4, -0.2) is 18.2 Å². The van der Waals surface area contributed by atoms with E-state index in [0.29, 0.717) is 18.2 Å². The summed E-state index contributed by atoms with van der Waals surface area (Å²) in [6.45, 7) is 8.75. The van der Waals surface area contributed by atoms with Crippen molar-refractivity contribution < 1.29 is 9.15 Å². The molecule has 1 atom stereocenters. The van der Waals surface area contributed by atoms with Crippen LogP contribution in [0.15, 0.2) is 51.7 Å². The van der Waals surface area contributed by atoms with Gasteiger partial charge in [-0.05, 0) is 42.9 Å². The molecule has 4 nitrogen and oxygen atoms in total. The molecular weight excluding hydrogens is 362 g/mol. The number of fused-ring (bicyclic) bond motifs is 2. The molecule has 29 heavy (non-hydrogen) atoms. The Morgan fingerprint density at radius 2 is 1.97 bits per heavy atom. The van der Waals surface area contributed by atoms with Crippen molar-refractivity contribution in [3.05, 3.63) is 75.1 Å². The Bertz CT molecular complexity index is 1060. The summed E-state index contributed by atoms with van der Waals surface area (Å²) in [7, 11) is 0. The van der Waals surface area contributed by atoms with E-state index in [2.05, 4.69) is 55.1 Å². The van der Waals surface area contributed by atoms with E-state index >= 15 is 0 Å². The van der Waals surface area contributed by atoms with Gasteiger partial charge >= 0.3 is 5.63 Å². The van der Waals surface area contributed by atoms with E-state index in [4.69, 9.17) is 9.15 Å². The summed E-state index contributed by atoms with van der Waals surface area (Å²) in [5.74, 6) is 1.30. The Morgan fingerprint density at radius 3 is 2.72 bits per heavy atom. The minimum atomic E-state index is -0.277. The maximum atomic E-state index is 12.1. The monoisotopic (exact) mass is 391 g/mol. The summed E-state index contributed by atoms with van der Waals surface area (Å²) < 4.78 is 11.7. The van der Waals surface area contributed by atoms with Crippen molar-refractivity contribution in [2.24, 2.45) is 0 Å². The predicted molar refractivity (Wildman–Crippen MR) is 117 cm³/mol. The zero-order valence-corrected chi connectivity index (χ0v) is 17.5. The molecule has 0 amide bonds. The fourth-order valence-corrected chi connectivity index (χ4v) is 4.30. The molecule has 2 heterocycles. The van der Waals surface area contributed by atoms with Gasteiger partial charge in [0, 0.05) is 35.7 Å². The smallest absolute Gasteiger partial charge is 0.336 e. The van der Waals surface area contributed by atoms with Gasteiger partial charge in [0.1, 0.15) is 18.1 Å². The lowest BCUT2D eigenvalue weighted by Gasteiger charge is -2.32. The quantitative estimate of drug-likeness (QED) is 0.528. The fraction of sp³-hybridized carbons (Fsp3) is 0.400. The van der Waals surface area contributed by atoms with E-state index in [-0.39, 0.29) is 5.63 Å². The number of ether oxygens (including phenoxy) is 1. The Hall–Kier alpha value is -2.59. The molecule has 1 aliphatic rings. The third-order valence-electron chi connectivity index (χ3n) is 5.86. The SMILES string of the molecule is CCCCc1cc(=O)oc2c(C)c3c(cc12)CN(CC(C)c1ccccc1)CO3. The first-order valence-electron chi connectivity index (χ1n) is 10.6. The molecule has 3 aromatic rings. The Morgan fingerprint density at radius 1 is 1.17 bits per heavy atom. The van der Waals surface area contributed by atoms with E-state index in [1.54, 1.807) is 6.07 Å². The summed E-state index contributed by atoms with van der Waals surface area (Å²) in [6.07, 6.45) is 3.05. The van der Waals surface area contributed by atoms with Crippen LogP contribution in [0.3, 0.4) is 0 Å². The van der Waals surface area contributed by atoms with Crippen LogP contribution in [-0.2, 0) is 13.0 Å². The van der Waals surface area contributed by atoms with Gasteiger partial charge in [-0.15, -0.1) is 0 Å². The van der Waals surface area contributed by atoms with Crippen LogP contribution < -0.4 is 10.4 Å². The molecule has 152 valence electrons. The van der Waals surface area contributed by atoms with Crippen LogP contribution in [0.2, 0.25) is 0 Å². The van der Waals surface area contributed by atoms with E-state index in [0.717, 1.165) is 54.6 Å². The maximum absolute atomic E-state index is 12.1. The number of hydrogen-bond acceptors (Lipinski definition) is 4. The van der Waals surface area contributed by atoms with Gasteiger partial charge in [0.2, 0.25) is 0 Å². The lowest BCUT2D eigenvalue weighted by Crippen LogP contribution is -2.35. The van der Waals surface area contributed by atoms with E-state index in [1.807, 2.05) is 6.92 Å². The molecule has 1 aliphatic heterocycles. The van der Waals surface area contributed by atoms with Crippen molar-refractivity contribution in [1.29, 1.82) is 0 Å². The van der Waals surface area contributed by atoms with Crippen LogP contribution in [0.4, 0.5) is 0 Å². The van der Waals surface area contributed by atoms with E-state index < -0.39 is 0 Å². The van der Waals surface area contributed by atoms with Gasteiger partial charge in [-0.2, -0.15) is 0 Å². The van der Waals surface area contributed by atoms with Gasteiger partial charge < -0.3 is 9.15 Å². The maximum Gasteiger partial charge on any atom is 0.336 e. The molecule has 2 aromatic carbocycles. The van der Waals surface area contributed by atoms with Crippen LogP contribution >= 0.6 is 0 Å². The Balaban J connectivity index is 1.64. The van der Waals surface area contributed by atoms with Crippen molar-refractivity contribution in [1.82, 2.24) is 4.90 Å². The predicted octanol–water partition coefficient (Wildman–Crippen LogP) is 5.40. The molecule has 4 heteroatoms. The zero-order chi connectivity index (χ0) is 20.4. The number of nitrogens with zero attached hydrogens (tertiary/aromatic N) is 1.